The quantitative estimate of drug-likeness (QED) is 0.0681. The van der Waals surface area contributed by atoms with E-state index in [0.29, 0.717) is 21.7 Å². The third-order valence-corrected chi connectivity index (χ3v) is 7.48. The minimum atomic E-state index is -1.72. The van der Waals surface area contributed by atoms with E-state index >= 15 is 0 Å². The highest BCUT2D eigenvalue weighted by atomic mass is 32.2. The zero-order chi connectivity index (χ0) is 31.9. The predicted octanol–water partition coefficient (Wildman–Crippen LogP) is 7.54. The maximum Gasteiger partial charge on any atom is 0.272 e. The molecule has 6 nitrogen and oxygen atoms in total. The van der Waals surface area contributed by atoms with Crippen molar-refractivity contribution in [3.8, 4) is 0 Å². The van der Waals surface area contributed by atoms with E-state index in [1.165, 1.54) is 0 Å². The van der Waals surface area contributed by atoms with E-state index in [9.17, 15) is 31.9 Å². The molecule has 0 aliphatic carbocycles. The highest BCUT2D eigenvalue weighted by Gasteiger charge is 2.21. The van der Waals surface area contributed by atoms with Gasteiger partial charge in [0.05, 0.1) is 5.75 Å². The van der Waals surface area contributed by atoms with Crippen LogP contribution in [0.2, 0.25) is 0 Å². The van der Waals surface area contributed by atoms with E-state index in [1.54, 1.807) is 60.7 Å². The van der Waals surface area contributed by atoms with E-state index in [2.05, 4.69) is 10.6 Å². The molecule has 0 atom stereocenters. The van der Waals surface area contributed by atoms with Crippen LogP contribution in [0.1, 0.15) is 15.9 Å². The summed E-state index contributed by atoms with van der Waals surface area (Å²) in [4.78, 5) is 39.4. The summed E-state index contributed by atoms with van der Waals surface area (Å²) >= 11 is 0.949. The van der Waals surface area contributed by atoms with Crippen LogP contribution in [0, 0.1) is 23.3 Å². The van der Waals surface area contributed by atoms with Crippen LogP contribution in [0.3, 0.4) is 0 Å². The Morgan fingerprint density at radius 1 is 0.711 bits per heavy atom. The highest BCUT2D eigenvalue weighted by molar-refractivity contribution is 8.00. The van der Waals surface area contributed by atoms with E-state index in [0.717, 1.165) is 22.5 Å². The first-order chi connectivity index (χ1) is 21.7. The van der Waals surface area contributed by atoms with Gasteiger partial charge in [-0.25, -0.2) is 17.6 Å². The van der Waals surface area contributed by atoms with Crippen molar-refractivity contribution in [2.45, 2.75) is 4.90 Å². The summed E-state index contributed by atoms with van der Waals surface area (Å²) in [5.41, 5.74) is 0.137. The van der Waals surface area contributed by atoms with Gasteiger partial charge >= 0.3 is 0 Å². The van der Waals surface area contributed by atoms with Gasteiger partial charge in [0.1, 0.15) is 11.4 Å². The Morgan fingerprint density at radius 2 is 1.38 bits per heavy atom. The van der Waals surface area contributed by atoms with Crippen molar-refractivity contribution >= 4 is 57.7 Å². The normalized spacial score (nSPS) is 11.2. The molecule has 5 aromatic rings. The number of thioether (sulfide) groups is 1. The van der Waals surface area contributed by atoms with Crippen molar-refractivity contribution in [2.24, 2.45) is 0 Å². The molecule has 0 saturated carbocycles. The second kappa shape index (κ2) is 13.9. The first-order valence-electron chi connectivity index (χ1n) is 13.4. The van der Waals surface area contributed by atoms with Gasteiger partial charge in [0.25, 0.3) is 11.8 Å². The SMILES string of the molecule is O=C(CSc1cccc(NC(=O)/C(=C\c2cccc3ccccc23)NC(=O)c2ccccc2)c1)Nc1c(F)c(F)cc(F)c1F. The lowest BCUT2D eigenvalue weighted by atomic mass is 10.0. The Kier molecular flexibility index (Phi) is 9.59. The summed E-state index contributed by atoms with van der Waals surface area (Å²) in [6.45, 7) is 0. The predicted molar refractivity (Wildman–Crippen MR) is 167 cm³/mol. The minimum absolute atomic E-state index is 0.0241. The summed E-state index contributed by atoms with van der Waals surface area (Å²) < 4.78 is 54.8. The first-order valence-corrected chi connectivity index (χ1v) is 14.4. The molecule has 0 unspecified atom stereocenters. The molecule has 3 amide bonds. The Balaban J connectivity index is 1.33. The standard InChI is InChI=1S/C34H23F4N3O3S/c35-26-18-27(36)31(38)32(30(26)37)41-29(42)19-45-24-14-7-13-23(17-24)39-34(44)28(40-33(43)21-9-2-1-3-10-21)16-22-12-6-11-20-8-4-5-15-25(20)22/h1-18H,19H2,(H,39,44)(H,40,43)(H,41,42)/b28-16+. The van der Waals surface area contributed by atoms with Crippen LogP contribution in [0.4, 0.5) is 28.9 Å². The lowest BCUT2D eigenvalue weighted by Gasteiger charge is -2.13. The monoisotopic (exact) mass is 629 g/mol. The van der Waals surface area contributed by atoms with Crippen molar-refractivity contribution in [1.29, 1.82) is 0 Å². The fourth-order valence-corrected chi connectivity index (χ4v) is 5.10. The van der Waals surface area contributed by atoms with Gasteiger partial charge in [-0.3, -0.25) is 14.4 Å². The van der Waals surface area contributed by atoms with Crippen LogP contribution in [-0.4, -0.2) is 23.5 Å². The zero-order valence-electron chi connectivity index (χ0n) is 23.2. The maximum absolute atomic E-state index is 13.9. The molecule has 0 radical (unpaired) electrons. The van der Waals surface area contributed by atoms with Gasteiger partial charge in [-0.1, -0.05) is 66.7 Å². The van der Waals surface area contributed by atoms with Crippen molar-refractivity contribution in [2.75, 3.05) is 16.4 Å². The van der Waals surface area contributed by atoms with Gasteiger partial charge < -0.3 is 16.0 Å². The maximum atomic E-state index is 13.9. The molecule has 0 saturated heterocycles. The lowest BCUT2D eigenvalue weighted by molar-refractivity contribution is -0.114. The molecular weight excluding hydrogens is 606 g/mol. The average Bonchev–Trinajstić information content (AvgIpc) is 3.05. The van der Waals surface area contributed by atoms with E-state index in [-0.39, 0.29) is 17.5 Å². The molecule has 0 aromatic heterocycles. The third kappa shape index (κ3) is 7.57. The van der Waals surface area contributed by atoms with Gasteiger partial charge in [-0.15, -0.1) is 11.8 Å². The summed E-state index contributed by atoms with van der Waals surface area (Å²) in [5.74, 6) is -9.12. The number of amides is 3. The Hall–Kier alpha value is -5.42. The molecular formula is C34H23F4N3O3S. The molecule has 0 bridgehead atoms. The van der Waals surface area contributed by atoms with Crippen molar-refractivity contribution < 1.29 is 31.9 Å². The van der Waals surface area contributed by atoms with Gasteiger partial charge in [0, 0.05) is 22.2 Å². The molecule has 0 heterocycles. The fraction of sp³-hybridized carbons (Fsp3) is 0.0294. The Labute approximate surface area is 259 Å². The van der Waals surface area contributed by atoms with Crippen molar-refractivity contribution in [1.82, 2.24) is 5.32 Å². The van der Waals surface area contributed by atoms with E-state index in [4.69, 9.17) is 0 Å². The van der Waals surface area contributed by atoms with Crippen LogP contribution < -0.4 is 16.0 Å². The van der Waals surface area contributed by atoms with Gasteiger partial charge in [0.15, 0.2) is 23.3 Å². The number of rotatable bonds is 9. The van der Waals surface area contributed by atoms with Gasteiger partial charge in [0.2, 0.25) is 5.91 Å². The highest BCUT2D eigenvalue weighted by Crippen LogP contribution is 2.26. The number of fused-ring (bicyclic) bond motifs is 1. The molecule has 3 N–H and O–H groups in total. The number of benzene rings is 5. The number of nitrogens with one attached hydrogen (secondary N) is 3. The Morgan fingerprint density at radius 3 is 2.13 bits per heavy atom. The van der Waals surface area contributed by atoms with Crippen molar-refractivity contribution in [3.63, 3.8) is 0 Å². The number of hydrogen-bond acceptors (Lipinski definition) is 4. The number of halogens is 4. The largest absolute Gasteiger partial charge is 0.321 e. The lowest BCUT2D eigenvalue weighted by Crippen LogP contribution is -2.30. The molecule has 5 aromatic carbocycles. The number of carbonyl (C=O) groups excluding carboxylic acids is 3. The summed E-state index contributed by atoms with van der Waals surface area (Å²) in [5, 5.41) is 9.11. The summed E-state index contributed by atoms with van der Waals surface area (Å²) in [6.07, 6.45) is 1.58. The molecule has 0 fully saturated rings. The van der Waals surface area contributed by atoms with Crippen molar-refractivity contribution in [3.05, 3.63) is 143 Å². The average molecular weight is 630 g/mol. The molecule has 5 rings (SSSR count). The van der Waals surface area contributed by atoms with Crippen LogP contribution in [0.15, 0.2) is 114 Å². The topological polar surface area (TPSA) is 87.3 Å². The molecule has 0 aliphatic rings. The Bertz CT molecular complexity index is 1920. The van der Waals surface area contributed by atoms with E-state index in [1.807, 2.05) is 47.8 Å². The number of hydrogen-bond donors (Lipinski definition) is 3. The molecule has 226 valence electrons. The smallest absolute Gasteiger partial charge is 0.272 e. The van der Waals surface area contributed by atoms with Crippen LogP contribution in [0.25, 0.3) is 16.8 Å². The van der Waals surface area contributed by atoms with Crippen LogP contribution >= 0.6 is 11.8 Å². The number of anilines is 2. The molecule has 11 heteroatoms. The molecule has 0 aliphatic heterocycles. The minimum Gasteiger partial charge on any atom is -0.321 e. The summed E-state index contributed by atoms with van der Waals surface area (Å²) in [6, 6.07) is 28.0. The van der Waals surface area contributed by atoms with Crippen LogP contribution in [0.5, 0.6) is 0 Å². The fourth-order valence-electron chi connectivity index (χ4n) is 4.34. The van der Waals surface area contributed by atoms with Gasteiger partial charge in [-0.2, -0.15) is 0 Å². The summed E-state index contributed by atoms with van der Waals surface area (Å²) in [7, 11) is 0. The number of carbonyl (C=O) groups is 3. The molecule has 0 spiro atoms. The van der Waals surface area contributed by atoms with Gasteiger partial charge in [-0.05, 0) is 52.7 Å². The zero-order valence-corrected chi connectivity index (χ0v) is 24.1. The second-order valence-electron chi connectivity index (χ2n) is 9.61. The van der Waals surface area contributed by atoms with Crippen LogP contribution in [-0.2, 0) is 9.59 Å². The first kappa shape index (κ1) is 31.0. The third-order valence-electron chi connectivity index (χ3n) is 6.49. The molecule has 45 heavy (non-hydrogen) atoms. The second-order valence-corrected chi connectivity index (χ2v) is 10.7. The van der Waals surface area contributed by atoms with E-state index < -0.39 is 46.7 Å².